The number of hydrogen-bond acceptors (Lipinski definition) is 2. The van der Waals surface area contributed by atoms with E-state index in [1.54, 1.807) is 0 Å². The fraction of sp³-hybridized carbons (Fsp3) is 0.286. The number of hydrogen-bond donors (Lipinski definition) is 0. The van der Waals surface area contributed by atoms with Crippen molar-refractivity contribution < 1.29 is 0 Å². The van der Waals surface area contributed by atoms with Gasteiger partial charge in [0.2, 0.25) is 0 Å². The summed E-state index contributed by atoms with van der Waals surface area (Å²) in [5.41, 5.74) is 3.48. The second kappa shape index (κ2) is 5.41. The third-order valence-corrected chi connectivity index (χ3v) is 3.40. The quantitative estimate of drug-likeness (QED) is 0.862. The molecule has 2 aromatic rings. The molecule has 0 unspecified atom stereocenters. The summed E-state index contributed by atoms with van der Waals surface area (Å²) in [6.07, 6.45) is 1.95. The monoisotopic (exact) mass is 290 g/mol. The van der Waals surface area contributed by atoms with Crippen LogP contribution in [0, 0.1) is 13.8 Å². The minimum Gasteiger partial charge on any atom is -0.239 e. The van der Waals surface area contributed by atoms with Gasteiger partial charge in [0.1, 0.15) is 5.82 Å². The van der Waals surface area contributed by atoms with Crippen molar-refractivity contribution in [1.29, 1.82) is 0 Å². The van der Waals surface area contributed by atoms with Crippen LogP contribution in [-0.4, -0.2) is 9.97 Å². The van der Waals surface area contributed by atoms with E-state index in [4.69, 9.17) is 0 Å². The van der Waals surface area contributed by atoms with Crippen LogP contribution in [-0.2, 0) is 12.8 Å². The average Bonchev–Trinajstić information content (AvgIpc) is 2.27. The molecule has 3 heteroatoms. The van der Waals surface area contributed by atoms with Gasteiger partial charge in [0.15, 0.2) is 0 Å². The Kier molecular flexibility index (Phi) is 3.89. The highest BCUT2D eigenvalue weighted by Gasteiger charge is 2.02. The molecule has 0 N–H and O–H groups in total. The summed E-state index contributed by atoms with van der Waals surface area (Å²) in [7, 11) is 0. The molecule has 0 bridgehead atoms. The molecule has 0 spiro atoms. The molecule has 0 fully saturated rings. The van der Waals surface area contributed by atoms with Gasteiger partial charge in [0, 0.05) is 15.9 Å². The van der Waals surface area contributed by atoms with Crippen molar-refractivity contribution in [2.24, 2.45) is 0 Å². The lowest BCUT2D eigenvalue weighted by atomic mass is 10.1. The first kappa shape index (κ1) is 12.2. The molecule has 0 radical (unpaired) electrons. The second-order valence-electron chi connectivity index (χ2n) is 4.14. The molecule has 17 heavy (non-hydrogen) atoms. The molecule has 1 heterocycles. The summed E-state index contributed by atoms with van der Waals surface area (Å²) in [5.74, 6) is 0.854. The molecule has 88 valence electrons. The lowest BCUT2D eigenvalue weighted by Crippen LogP contribution is -2.00. The van der Waals surface area contributed by atoms with Crippen LogP contribution in [0.5, 0.6) is 0 Å². The summed E-state index contributed by atoms with van der Waals surface area (Å²) in [4.78, 5) is 8.74. The topological polar surface area (TPSA) is 25.8 Å². The number of benzene rings is 1. The standard InChI is InChI=1S/C14H15BrN2/c1-10-9-13(17-11(2)16-10)8-7-12-5-3-4-6-14(12)15/h3-6,9H,7-8H2,1-2H3. The van der Waals surface area contributed by atoms with Gasteiger partial charge in [0.05, 0.1) is 0 Å². The van der Waals surface area contributed by atoms with Crippen LogP contribution in [0.2, 0.25) is 0 Å². The maximum absolute atomic E-state index is 4.45. The third kappa shape index (κ3) is 3.37. The number of rotatable bonds is 3. The van der Waals surface area contributed by atoms with Gasteiger partial charge in [-0.25, -0.2) is 9.97 Å². The first-order valence-corrected chi connectivity index (χ1v) is 6.49. The molecule has 1 aromatic carbocycles. The van der Waals surface area contributed by atoms with Crippen LogP contribution in [0.4, 0.5) is 0 Å². The Morgan fingerprint density at radius 1 is 1.06 bits per heavy atom. The van der Waals surface area contributed by atoms with Crippen molar-refractivity contribution in [1.82, 2.24) is 9.97 Å². The third-order valence-electron chi connectivity index (χ3n) is 2.63. The van der Waals surface area contributed by atoms with Crippen LogP contribution in [0.3, 0.4) is 0 Å². The van der Waals surface area contributed by atoms with E-state index in [2.05, 4.69) is 50.2 Å². The number of halogens is 1. The predicted molar refractivity (Wildman–Crippen MR) is 73.1 cm³/mol. The van der Waals surface area contributed by atoms with E-state index in [1.807, 2.05) is 19.9 Å². The van der Waals surface area contributed by atoms with Crippen molar-refractivity contribution in [3.8, 4) is 0 Å². The van der Waals surface area contributed by atoms with E-state index in [0.29, 0.717) is 0 Å². The molecule has 0 amide bonds. The molecule has 0 aliphatic carbocycles. The van der Waals surface area contributed by atoms with Gasteiger partial charge in [-0.15, -0.1) is 0 Å². The lowest BCUT2D eigenvalue weighted by molar-refractivity contribution is 0.866. The summed E-state index contributed by atoms with van der Waals surface area (Å²) in [5, 5.41) is 0. The zero-order chi connectivity index (χ0) is 12.3. The number of nitrogens with zero attached hydrogens (tertiary/aromatic N) is 2. The molecule has 0 saturated carbocycles. The molecule has 2 rings (SSSR count). The maximum atomic E-state index is 4.45. The molecule has 0 aliphatic heterocycles. The SMILES string of the molecule is Cc1cc(CCc2ccccc2Br)nc(C)n1. The van der Waals surface area contributed by atoms with E-state index < -0.39 is 0 Å². The van der Waals surface area contributed by atoms with Gasteiger partial charge in [-0.1, -0.05) is 34.1 Å². The van der Waals surface area contributed by atoms with Gasteiger partial charge in [-0.2, -0.15) is 0 Å². The van der Waals surface area contributed by atoms with Crippen molar-refractivity contribution in [3.63, 3.8) is 0 Å². The first-order valence-electron chi connectivity index (χ1n) is 5.70. The molecular formula is C14H15BrN2. The fourth-order valence-corrected chi connectivity index (χ4v) is 2.37. The Hall–Kier alpha value is -1.22. The smallest absolute Gasteiger partial charge is 0.125 e. The van der Waals surface area contributed by atoms with E-state index in [9.17, 15) is 0 Å². The van der Waals surface area contributed by atoms with Crippen molar-refractivity contribution in [2.75, 3.05) is 0 Å². The van der Waals surface area contributed by atoms with Gasteiger partial charge in [-0.3, -0.25) is 0 Å². The summed E-state index contributed by atoms with van der Waals surface area (Å²) in [6.45, 7) is 3.95. The normalized spacial score (nSPS) is 10.5. The molecule has 0 atom stereocenters. The van der Waals surface area contributed by atoms with Gasteiger partial charge in [-0.05, 0) is 44.4 Å². The molecule has 0 saturated heterocycles. The Bertz CT molecular complexity index is 503. The van der Waals surface area contributed by atoms with E-state index in [0.717, 1.165) is 30.1 Å². The first-order chi connectivity index (χ1) is 8.15. The molecule has 1 aromatic heterocycles. The van der Waals surface area contributed by atoms with E-state index in [1.165, 1.54) is 10.0 Å². The molecular weight excluding hydrogens is 276 g/mol. The Morgan fingerprint density at radius 3 is 2.53 bits per heavy atom. The van der Waals surface area contributed by atoms with Crippen molar-refractivity contribution in [2.45, 2.75) is 26.7 Å². The van der Waals surface area contributed by atoms with E-state index >= 15 is 0 Å². The van der Waals surface area contributed by atoms with Crippen LogP contribution < -0.4 is 0 Å². The Morgan fingerprint density at radius 2 is 1.82 bits per heavy atom. The van der Waals surface area contributed by atoms with Crippen molar-refractivity contribution >= 4 is 15.9 Å². The minimum absolute atomic E-state index is 0.854. The number of aromatic nitrogens is 2. The van der Waals surface area contributed by atoms with Crippen LogP contribution in [0.25, 0.3) is 0 Å². The zero-order valence-corrected chi connectivity index (χ0v) is 11.7. The van der Waals surface area contributed by atoms with Gasteiger partial charge < -0.3 is 0 Å². The largest absolute Gasteiger partial charge is 0.239 e. The predicted octanol–water partition coefficient (Wildman–Crippen LogP) is 3.64. The summed E-state index contributed by atoms with van der Waals surface area (Å²) >= 11 is 3.57. The van der Waals surface area contributed by atoms with Crippen LogP contribution >= 0.6 is 15.9 Å². The van der Waals surface area contributed by atoms with E-state index in [-0.39, 0.29) is 0 Å². The second-order valence-corrected chi connectivity index (χ2v) is 4.99. The van der Waals surface area contributed by atoms with Crippen LogP contribution in [0.1, 0.15) is 22.8 Å². The van der Waals surface area contributed by atoms with Crippen molar-refractivity contribution in [3.05, 3.63) is 57.6 Å². The molecule has 0 aliphatic rings. The fourth-order valence-electron chi connectivity index (χ4n) is 1.89. The van der Waals surface area contributed by atoms with Crippen LogP contribution in [0.15, 0.2) is 34.8 Å². The highest BCUT2D eigenvalue weighted by molar-refractivity contribution is 9.10. The summed E-state index contributed by atoms with van der Waals surface area (Å²) < 4.78 is 1.17. The highest BCUT2D eigenvalue weighted by Crippen LogP contribution is 2.17. The molecule has 2 nitrogen and oxygen atoms in total. The highest BCUT2D eigenvalue weighted by atomic mass is 79.9. The Labute approximate surface area is 110 Å². The van der Waals surface area contributed by atoms with Gasteiger partial charge >= 0.3 is 0 Å². The lowest BCUT2D eigenvalue weighted by Gasteiger charge is -2.05. The zero-order valence-electron chi connectivity index (χ0n) is 10.1. The maximum Gasteiger partial charge on any atom is 0.125 e. The Balaban J connectivity index is 2.10. The minimum atomic E-state index is 0.854. The number of aryl methyl sites for hydroxylation is 4. The summed E-state index contributed by atoms with van der Waals surface area (Å²) in [6, 6.07) is 10.4. The van der Waals surface area contributed by atoms with Gasteiger partial charge in [0.25, 0.3) is 0 Å². The average molecular weight is 291 g/mol.